The van der Waals surface area contributed by atoms with Gasteiger partial charge in [-0.15, -0.1) is 0 Å². The summed E-state index contributed by atoms with van der Waals surface area (Å²) < 4.78 is 13.3. The monoisotopic (exact) mass is 397 g/mol. The number of nitrogens with zero attached hydrogens (tertiary/aromatic N) is 1. The van der Waals surface area contributed by atoms with Gasteiger partial charge in [0.2, 0.25) is 0 Å². The molecule has 1 saturated heterocycles. The van der Waals surface area contributed by atoms with Gasteiger partial charge < -0.3 is 20.6 Å². The number of carbonyl (C=O) groups is 1. The summed E-state index contributed by atoms with van der Waals surface area (Å²) >= 11 is 0. The molecule has 0 unspecified atom stereocenters. The number of likely N-dealkylation sites (tertiary alicyclic amines) is 1. The van der Waals surface area contributed by atoms with Gasteiger partial charge >= 0.3 is 6.03 Å². The quantitative estimate of drug-likeness (QED) is 0.734. The molecular formula is C23H28FN3O2. The van der Waals surface area contributed by atoms with Crippen molar-refractivity contribution in [2.24, 2.45) is 5.92 Å². The minimum absolute atomic E-state index is 0.0738. The van der Waals surface area contributed by atoms with Crippen LogP contribution in [0, 0.1) is 11.7 Å². The number of fused-ring (bicyclic) bond motifs is 4. The van der Waals surface area contributed by atoms with E-state index in [-0.39, 0.29) is 17.3 Å². The molecule has 0 radical (unpaired) electrons. The molecule has 2 aromatic carbocycles. The summed E-state index contributed by atoms with van der Waals surface area (Å²) in [5.41, 5.74) is 2.87. The van der Waals surface area contributed by atoms with Crippen LogP contribution in [0.15, 0.2) is 42.5 Å². The molecule has 3 atom stereocenters. The van der Waals surface area contributed by atoms with E-state index in [0.717, 1.165) is 25.8 Å². The van der Waals surface area contributed by atoms with E-state index < -0.39 is 0 Å². The van der Waals surface area contributed by atoms with E-state index in [4.69, 9.17) is 0 Å². The number of phenolic OH excluding ortho intramolecular Hbond substituents is 1. The molecule has 1 aliphatic carbocycles. The van der Waals surface area contributed by atoms with E-state index in [0.29, 0.717) is 29.9 Å². The number of benzene rings is 2. The number of piperidine rings is 1. The summed E-state index contributed by atoms with van der Waals surface area (Å²) in [6, 6.07) is 11.7. The van der Waals surface area contributed by atoms with Crippen molar-refractivity contribution in [1.82, 2.24) is 10.2 Å². The highest BCUT2D eigenvalue weighted by molar-refractivity contribution is 5.89. The van der Waals surface area contributed by atoms with Crippen molar-refractivity contribution in [1.29, 1.82) is 0 Å². The molecule has 2 aromatic rings. The Bertz CT molecular complexity index is 919. The van der Waals surface area contributed by atoms with E-state index in [2.05, 4.69) is 29.5 Å². The van der Waals surface area contributed by atoms with Gasteiger partial charge in [0.25, 0.3) is 0 Å². The highest BCUT2D eigenvalue weighted by atomic mass is 19.1. The van der Waals surface area contributed by atoms with Crippen molar-refractivity contribution in [3.8, 4) is 5.75 Å². The number of nitrogens with one attached hydrogen (secondary N) is 2. The third-order valence-corrected chi connectivity index (χ3v) is 6.92. The zero-order valence-electron chi connectivity index (χ0n) is 16.9. The number of carbonyl (C=O) groups excluding carboxylic acids is 1. The van der Waals surface area contributed by atoms with Crippen molar-refractivity contribution < 1.29 is 14.3 Å². The number of halogens is 1. The molecule has 1 heterocycles. The average Bonchev–Trinajstić information content (AvgIpc) is 2.67. The molecule has 1 aliphatic heterocycles. The molecule has 1 fully saturated rings. The number of likely N-dealkylation sites (N-methyl/N-ethyl adjacent to an activating group) is 1. The maximum atomic E-state index is 13.3. The highest BCUT2D eigenvalue weighted by Crippen LogP contribution is 2.51. The topological polar surface area (TPSA) is 64.6 Å². The van der Waals surface area contributed by atoms with Crippen LogP contribution in [-0.2, 0) is 11.8 Å². The molecule has 0 aromatic heterocycles. The Morgan fingerprint density at radius 3 is 2.93 bits per heavy atom. The number of aromatic hydroxyl groups is 1. The van der Waals surface area contributed by atoms with Gasteiger partial charge in [-0.1, -0.05) is 19.1 Å². The lowest BCUT2D eigenvalue weighted by molar-refractivity contribution is 0.0364. The Hall–Kier alpha value is -2.60. The van der Waals surface area contributed by atoms with Crippen molar-refractivity contribution >= 4 is 11.7 Å². The number of urea groups is 1. The first-order valence-electron chi connectivity index (χ1n) is 10.2. The molecule has 5 nitrogen and oxygen atoms in total. The maximum absolute atomic E-state index is 13.3. The van der Waals surface area contributed by atoms with Crippen LogP contribution in [0.1, 0.15) is 30.9 Å². The lowest BCUT2D eigenvalue weighted by atomic mass is 9.56. The third kappa shape index (κ3) is 3.69. The first-order chi connectivity index (χ1) is 13.9. The molecular weight excluding hydrogens is 369 g/mol. The molecule has 2 amide bonds. The fourth-order valence-electron chi connectivity index (χ4n) is 5.29. The summed E-state index contributed by atoms with van der Waals surface area (Å²) in [4.78, 5) is 14.7. The maximum Gasteiger partial charge on any atom is 0.319 e. The van der Waals surface area contributed by atoms with E-state index in [1.807, 2.05) is 12.1 Å². The van der Waals surface area contributed by atoms with Crippen LogP contribution in [0.3, 0.4) is 0 Å². The Morgan fingerprint density at radius 1 is 1.31 bits per heavy atom. The van der Waals surface area contributed by atoms with Crippen LogP contribution in [0.5, 0.6) is 5.75 Å². The molecule has 0 saturated carbocycles. The molecule has 2 aliphatic rings. The fraction of sp³-hybridized carbons (Fsp3) is 0.435. The summed E-state index contributed by atoms with van der Waals surface area (Å²) in [7, 11) is 2.18. The Morgan fingerprint density at radius 2 is 2.14 bits per heavy atom. The molecule has 6 heteroatoms. The average molecular weight is 397 g/mol. The molecule has 3 N–H and O–H groups in total. The number of hydrogen-bond donors (Lipinski definition) is 3. The second kappa shape index (κ2) is 7.67. The van der Waals surface area contributed by atoms with E-state index in [9.17, 15) is 14.3 Å². The van der Waals surface area contributed by atoms with Crippen LogP contribution in [0.25, 0.3) is 0 Å². The predicted octanol–water partition coefficient (Wildman–Crippen LogP) is 3.88. The zero-order valence-corrected chi connectivity index (χ0v) is 16.9. The smallest absolute Gasteiger partial charge is 0.319 e. The first kappa shape index (κ1) is 19.7. The van der Waals surface area contributed by atoms with Gasteiger partial charge in [0.1, 0.15) is 11.6 Å². The van der Waals surface area contributed by atoms with Gasteiger partial charge in [0, 0.05) is 23.7 Å². The Labute approximate surface area is 170 Å². The van der Waals surface area contributed by atoms with Crippen molar-refractivity contribution in [3.63, 3.8) is 0 Å². The predicted molar refractivity (Wildman–Crippen MR) is 112 cm³/mol. The summed E-state index contributed by atoms with van der Waals surface area (Å²) in [6.07, 6.45) is 2.78. The second-order valence-electron chi connectivity index (χ2n) is 8.43. The lowest BCUT2D eigenvalue weighted by Crippen LogP contribution is -2.58. The zero-order chi connectivity index (χ0) is 20.6. The Kier molecular flexibility index (Phi) is 5.21. The van der Waals surface area contributed by atoms with Crippen LogP contribution < -0.4 is 10.6 Å². The van der Waals surface area contributed by atoms with Crippen LogP contribution in [0.2, 0.25) is 0 Å². The summed E-state index contributed by atoms with van der Waals surface area (Å²) in [5.74, 6) is 0.333. The normalized spacial score (nSPS) is 25.9. The summed E-state index contributed by atoms with van der Waals surface area (Å²) in [6.45, 7) is 3.80. The van der Waals surface area contributed by atoms with Gasteiger partial charge in [-0.2, -0.15) is 0 Å². The second-order valence-corrected chi connectivity index (χ2v) is 8.43. The number of amides is 2. The Balaban J connectivity index is 1.49. The minimum Gasteiger partial charge on any atom is -0.508 e. The molecule has 2 bridgehead atoms. The van der Waals surface area contributed by atoms with E-state index in [1.54, 1.807) is 18.2 Å². The molecule has 154 valence electrons. The van der Waals surface area contributed by atoms with Crippen LogP contribution in [0.4, 0.5) is 14.9 Å². The minimum atomic E-state index is -0.383. The van der Waals surface area contributed by atoms with Crippen LogP contribution >= 0.6 is 0 Å². The van der Waals surface area contributed by atoms with Gasteiger partial charge in [-0.3, -0.25) is 0 Å². The molecule has 4 rings (SSSR count). The summed E-state index contributed by atoms with van der Waals surface area (Å²) in [5, 5.41) is 15.7. The largest absolute Gasteiger partial charge is 0.508 e. The van der Waals surface area contributed by atoms with Gasteiger partial charge in [0.15, 0.2) is 0 Å². The van der Waals surface area contributed by atoms with Gasteiger partial charge in [0.05, 0.1) is 0 Å². The van der Waals surface area contributed by atoms with Crippen molar-refractivity contribution in [2.75, 3.05) is 25.5 Å². The van der Waals surface area contributed by atoms with Crippen LogP contribution in [-0.4, -0.2) is 42.2 Å². The van der Waals surface area contributed by atoms with E-state index >= 15 is 0 Å². The number of rotatable bonds is 4. The van der Waals surface area contributed by atoms with Gasteiger partial charge in [-0.25, -0.2) is 9.18 Å². The molecule has 29 heavy (non-hydrogen) atoms. The number of anilines is 1. The van der Waals surface area contributed by atoms with E-state index in [1.165, 1.54) is 23.3 Å². The lowest BCUT2D eigenvalue weighted by Gasteiger charge is -2.55. The first-order valence-corrected chi connectivity index (χ1v) is 10.2. The number of hydrogen-bond acceptors (Lipinski definition) is 3. The standard InChI is InChI=1S/C23H28FN3O2/c1-15-21-12-16-6-7-19(28)14-20(16)23(15,9-11-27(21)2)8-10-25-22(29)26-18-5-3-4-17(24)13-18/h3-7,13-15,21,28H,8-12H2,1-2H3,(H2,25,26,29)/t15-,21+,23+/m0/s1. The van der Waals surface area contributed by atoms with Crippen molar-refractivity contribution in [3.05, 3.63) is 59.4 Å². The fourth-order valence-corrected chi connectivity index (χ4v) is 5.29. The molecule has 0 spiro atoms. The third-order valence-electron chi connectivity index (χ3n) is 6.92. The van der Waals surface area contributed by atoms with Crippen molar-refractivity contribution in [2.45, 2.75) is 37.6 Å². The SMILES string of the molecule is C[C@H]1[C@H]2Cc3ccc(O)cc3[C@]1(CCNC(=O)Nc1cccc(F)c1)CCN2C. The number of phenols is 1. The highest BCUT2D eigenvalue weighted by Gasteiger charge is 2.50. The van der Waals surface area contributed by atoms with Gasteiger partial charge in [-0.05, 0) is 80.2 Å².